The van der Waals surface area contributed by atoms with E-state index in [1.165, 1.54) is 12.1 Å². The summed E-state index contributed by atoms with van der Waals surface area (Å²) in [7, 11) is -3.83. The van der Waals surface area contributed by atoms with Gasteiger partial charge in [0.25, 0.3) is 0 Å². The van der Waals surface area contributed by atoms with Gasteiger partial charge in [0.1, 0.15) is 11.9 Å². The first-order valence-electron chi connectivity index (χ1n) is 9.95. The van der Waals surface area contributed by atoms with E-state index in [9.17, 15) is 13.2 Å². The molecule has 9 heteroatoms. The van der Waals surface area contributed by atoms with Crippen molar-refractivity contribution in [3.05, 3.63) is 48.2 Å². The van der Waals surface area contributed by atoms with E-state index < -0.39 is 22.0 Å². The Morgan fingerprint density at radius 3 is 2.33 bits per heavy atom. The highest BCUT2D eigenvalue weighted by molar-refractivity contribution is 7.89. The molecule has 1 unspecified atom stereocenters. The Balaban J connectivity index is 1.68. The highest BCUT2D eigenvalue weighted by atomic mass is 32.2. The maximum absolute atomic E-state index is 12.8. The van der Waals surface area contributed by atoms with Gasteiger partial charge >= 0.3 is 0 Å². The Bertz CT molecular complexity index is 954. The minimum Gasteiger partial charge on any atom is -0.378 e. The van der Waals surface area contributed by atoms with Crippen molar-refractivity contribution < 1.29 is 17.9 Å². The van der Waals surface area contributed by atoms with Gasteiger partial charge in [-0.2, -0.15) is 4.72 Å². The third kappa shape index (κ3) is 5.56. The molecule has 1 aromatic heterocycles. The summed E-state index contributed by atoms with van der Waals surface area (Å²) in [4.78, 5) is 19.4. The van der Waals surface area contributed by atoms with Crippen LogP contribution in [0.1, 0.15) is 19.4 Å². The molecular formula is C21H28N4O4S. The van der Waals surface area contributed by atoms with Crippen LogP contribution in [0.25, 0.3) is 0 Å². The van der Waals surface area contributed by atoms with Gasteiger partial charge in [0.05, 0.1) is 30.0 Å². The Labute approximate surface area is 177 Å². The fraction of sp³-hybridized carbons (Fsp3) is 0.429. The zero-order valence-corrected chi connectivity index (χ0v) is 18.3. The normalized spacial score (nSPS) is 15.8. The van der Waals surface area contributed by atoms with Gasteiger partial charge in [0.2, 0.25) is 15.9 Å². The molecule has 1 aromatic carbocycles. The van der Waals surface area contributed by atoms with E-state index in [1.807, 2.05) is 13.0 Å². The number of carbonyl (C=O) groups is 1. The smallest absolute Gasteiger partial charge is 0.243 e. The Morgan fingerprint density at radius 2 is 1.77 bits per heavy atom. The molecular weight excluding hydrogens is 404 g/mol. The van der Waals surface area contributed by atoms with Crippen LogP contribution >= 0.6 is 0 Å². The Morgan fingerprint density at radius 1 is 1.10 bits per heavy atom. The lowest BCUT2D eigenvalue weighted by atomic mass is 10.1. The van der Waals surface area contributed by atoms with Crippen LogP contribution in [-0.2, 0) is 19.6 Å². The van der Waals surface area contributed by atoms with Crippen molar-refractivity contribution in [1.82, 2.24) is 9.71 Å². The highest BCUT2D eigenvalue weighted by Gasteiger charge is 2.28. The lowest BCUT2D eigenvalue weighted by Gasteiger charge is -2.28. The minimum absolute atomic E-state index is 0.125. The number of aryl methyl sites for hydroxylation is 1. The zero-order chi connectivity index (χ0) is 21.7. The van der Waals surface area contributed by atoms with Gasteiger partial charge in [-0.1, -0.05) is 31.5 Å². The molecule has 30 heavy (non-hydrogen) atoms. The van der Waals surface area contributed by atoms with Crippen LogP contribution in [0.4, 0.5) is 11.5 Å². The second-order valence-electron chi connectivity index (χ2n) is 7.65. The number of amides is 1. The summed E-state index contributed by atoms with van der Waals surface area (Å²) in [5.74, 6) is -0.331. The maximum atomic E-state index is 12.8. The fourth-order valence-electron chi connectivity index (χ4n) is 3.12. The lowest BCUT2D eigenvalue weighted by molar-refractivity contribution is -0.118. The number of nitrogens with one attached hydrogen (secondary N) is 2. The molecule has 8 nitrogen and oxygen atoms in total. The van der Waals surface area contributed by atoms with E-state index in [0.29, 0.717) is 19.0 Å². The largest absolute Gasteiger partial charge is 0.378 e. The number of benzene rings is 1. The molecule has 162 valence electrons. The standard InChI is InChI=1S/C21H28N4O4S/c1-15(2)20(24-30(27,28)18-7-4-16(3)5-8-18)21(26)23-19-9-6-17(14-22-19)25-10-12-29-13-11-25/h4-9,14-15,20,24H,10-13H2,1-3H3,(H,22,23,26). The number of anilines is 2. The number of hydrogen-bond acceptors (Lipinski definition) is 6. The molecule has 0 aliphatic carbocycles. The van der Waals surface area contributed by atoms with Gasteiger partial charge in [-0.05, 0) is 37.1 Å². The van der Waals surface area contributed by atoms with Gasteiger partial charge < -0.3 is 15.0 Å². The summed E-state index contributed by atoms with van der Waals surface area (Å²) < 4.78 is 33.3. The van der Waals surface area contributed by atoms with Crippen LogP contribution < -0.4 is 14.9 Å². The summed E-state index contributed by atoms with van der Waals surface area (Å²) >= 11 is 0. The average molecular weight is 433 g/mol. The molecule has 0 spiro atoms. The van der Waals surface area contributed by atoms with Crippen LogP contribution in [0.15, 0.2) is 47.5 Å². The van der Waals surface area contributed by atoms with E-state index in [-0.39, 0.29) is 10.8 Å². The number of morpholine rings is 1. The molecule has 0 bridgehead atoms. The van der Waals surface area contributed by atoms with Crippen molar-refractivity contribution in [3.63, 3.8) is 0 Å². The van der Waals surface area contributed by atoms with Crippen molar-refractivity contribution in [2.45, 2.75) is 31.7 Å². The van der Waals surface area contributed by atoms with Crippen molar-refractivity contribution in [2.24, 2.45) is 5.92 Å². The van der Waals surface area contributed by atoms with Crippen molar-refractivity contribution in [2.75, 3.05) is 36.5 Å². The maximum Gasteiger partial charge on any atom is 0.243 e. The van der Waals surface area contributed by atoms with Crippen molar-refractivity contribution in [3.8, 4) is 0 Å². The van der Waals surface area contributed by atoms with E-state index in [4.69, 9.17) is 4.74 Å². The highest BCUT2D eigenvalue weighted by Crippen LogP contribution is 2.18. The van der Waals surface area contributed by atoms with E-state index in [2.05, 4.69) is 19.9 Å². The topological polar surface area (TPSA) is 101 Å². The van der Waals surface area contributed by atoms with E-state index in [1.54, 1.807) is 38.2 Å². The number of nitrogens with zero attached hydrogens (tertiary/aromatic N) is 2. The van der Waals surface area contributed by atoms with Gasteiger partial charge in [-0.15, -0.1) is 0 Å². The summed E-state index contributed by atoms with van der Waals surface area (Å²) in [6.45, 7) is 8.40. The van der Waals surface area contributed by atoms with E-state index in [0.717, 1.165) is 24.3 Å². The number of rotatable bonds is 7. The SMILES string of the molecule is Cc1ccc(S(=O)(=O)NC(C(=O)Nc2ccc(N3CCOCC3)cn2)C(C)C)cc1. The molecule has 0 radical (unpaired) electrons. The Kier molecular flexibility index (Phi) is 7.06. The summed E-state index contributed by atoms with van der Waals surface area (Å²) in [5, 5.41) is 2.72. The number of sulfonamides is 1. The summed E-state index contributed by atoms with van der Waals surface area (Å²) in [5.41, 5.74) is 1.91. The fourth-order valence-corrected chi connectivity index (χ4v) is 4.46. The van der Waals surface area contributed by atoms with Crippen LogP contribution in [0.5, 0.6) is 0 Å². The number of hydrogen-bond donors (Lipinski definition) is 2. The van der Waals surface area contributed by atoms with Gasteiger partial charge in [0.15, 0.2) is 0 Å². The molecule has 1 atom stereocenters. The predicted molar refractivity (Wildman–Crippen MR) is 116 cm³/mol. The number of ether oxygens (including phenoxy) is 1. The quantitative estimate of drug-likeness (QED) is 0.696. The average Bonchev–Trinajstić information content (AvgIpc) is 2.73. The van der Waals surface area contributed by atoms with Gasteiger partial charge in [-0.25, -0.2) is 13.4 Å². The summed E-state index contributed by atoms with van der Waals surface area (Å²) in [6, 6.07) is 9.16. The molecule has 2 heterocycles. The molecule has 1 amide bonds. The Hall–Kier alpha value is -2.49. The molecule has 2 N–H and O–H groups in total. The lowest BCUT2D eigenvalue weighted by Crippen LogP contribution is -2.47. The van der Waals surface area contributed by atoms with Gasteiger partial charge in [0, 0.05) is 13.1 Å². The first-order chi connectivity index (χ1) is 14.3. The van der Waals surface area contributed by atoms with Crippen molar-refractivity contribution in [1.29, 1.82) is 0 Å². The molecule has 0 saturated carbocycles. The van der Waals surface area contributed by atoms with Crippen LogP contribution in [0, 0.1) is 12.8 Å². The second-order valence-corrected chi connectivity index (χ2v) is 9.36. The predicted octanol–water partition coefficient (Wildman–Crippen LogP) is 2.17. The number of carbonyl (C=O) groups excluding carboxylic acids is 1. The second kappa shape index (κ2) is 9.55. The number of pyridine rings is 1. The minimum atomic E-state index is -3.83. The molecule has 1 aliphatic heterocycles. The van der Waals surface area contributed by atoms with E-state index >= 15 is 0 Å². The number of aromatic nitrogens is 1. The molecule has 1 fully saturated rings. The van der Waals surface area contributed by atoms with Crippen LogP contribution in [0.2, 0.25) is 0 Å². The first-order valence-corrected chi connectivity index (χ1v) is 11.4. The van der Waals surface area contributed by atoms with Crippen LogP contribution in [0.3, 0.4) is 0 Å². The van der Waals surface area contributed by atoms with Crippen molar-refractivity contribution >= 4 is 27.4 Å². The molecule has 2 aromatic rings. The first kappa shape index (κ1) is 22.2. The van der Waals surface area contributed by atoms with Gasteiger partial charge in [-0.3, -0.25) is 4.79 Å². The summed E-state index contributed by atoms with van der Waals surface area (Å²) in [6.07, 6.45) is 1.70. The molecule has 3 rings (SSSR count). The zero-order valence-electron chi connectivity index (χ0n) is 17.5. The monoisotopic (exact) mass is 432 g/mol. The third-order valence-electron chi connectivity index (χ3n) is 4.94. The molecule has 1 aliphatic rings. The van der Waals surface area contributed by atoms with Crippen LogP contribution in [-0.4, -0.2) is 51.7 Å². The third-order valence-corrected chi connectivity index (χ3v) is 6.39. The molecule has 1 saturated heterocycles.